The summed E-state index contributed by atoms with van der Waals surface area (Å²) in [6.45, 7) is 8.37. The fourth-order valence-corrected chi connectivity index (χ4v) is 3.03. The van der Waals surface area contributed by atoms with Crippen molar-refractivity contribution < 1.29 is 9.47 Å². The van der Waals surface area contributed by atoms with E-state index in [0.29, 0.717) is 18.1 Å². The Bertz CT molecular complexity index is 433. The van der Waals surface area contributed by atoms with Crippen molar-refractivity contribution in [3.8, 4) is 5.75 Å². The number of ether oxygens (including phenoxy) is 2. The summed E-state index contributed by atoms with van der Waals surface area (Å²) in [5, 5.41) is 3.69. The molecule has 1 aliphatic rings. The zero-order valence-corrected chi connectivity index (χ0v) is 13.1. The van der Waals surface area contributed by atoms with Crippen LogP contribution in [0.1, 0.15) is 43.9 Å². The monoisotopic (exact) mass is 277 g/mol. The van der Waals surface area contributed by atoms with Gasteiger partial charge in [0.2, 0.25) is 0 Å². The van der Waals surface area contributed by atoms with E-state index in [1.54, 1.807) is 7.11 Å². The molecule has 2 rings (SSSR count). The molecule has 20 heavy (non-hydrogen) atoms. The van der Waals surface area contributed by atoms with Gasteiger partial charge in [0.15, 0.2) is 0 Å². The van der Waals surface area contributed by atoms with E-state index in [1.165, 1.54) is 11.1 Å². The Morgan fingerprint density at radius 3 is 2.80 bits per heavy atom. The molecule has 0 bridgehead atoms. The van der Waals surface area contributed by atoms with Gasteiger partial charge in [-0.1, -0.05) is 19.1 Å². The Hall–Kier alpha value is -1.06. The first kappa shape index (κ1) is 15.3. The lowest BCUT2D eigenvalue weighted by Crippen LogP contribution is -2.29. The summed E-state index contributed by atoms with van der Waals surface area (Å²) in [5.41, 5.74) is 2.54. The molecule has 1 aromatic rings. The average molecular weight is 277 g/mol. The molecule has 3 unspecified atom stereocenters. The maximum atomic E-state index is 5.76. The number of hydrogen-bond donors (Lipinski definition) is 1. The van der Waals surface area contributed by atoms with Gasteiger partial charge in [0, 0.05) is 12.0 Å². The van der Waals surface area contributed by atoms with Gasteiger partial charge in [-0.15, -0.1) is 0 Å². The van der Waals surface area contributed by atoms with Crippen molar-refractivity contribution in [1.82, 2.24) is 5.32 Å². The molecule has 1 saturated heterocycles. The van der Waals surface area contributed by atoms with Gasteiger partial charge in [0.1, 0.15) is 5.75 Å². The van der Waals surface area contributed by atoms with Crippen LogP contribution in [0, 0.1) is 12.8 Å². The van der Waals surface area contributed by atoms with Crippen LogP contribution in [0.3, 0.4) is 0 Å². The Labute approximate surface area is 122 Å². The van der Waals surface area contributed by atoms with Gasteiger partial charge >= 0.3 is 0 Å². The van der Waals surface area contributed by atoms with E-state index in [1.807, 2.05) is 0 Å². The highest BCUT2D eigenvalue weighted by molar-refractivity contribution is 5.37. The van der Waals surface area contributed by atoms with Crippen molar-refractivity contribution in [2.75, 3.05) is 20.3 Å². The van der Waals surface area contributed by atoms with Crippen LogP contribution in [-0.4, -0.2) is 26.4 Å². The molecule has 0 amide bonds. The molecular weight excluding hydrogens is 250 g/mol. The first-order valence-electron chi connectivity index (χ1n) is 7.65. The summed E-state index contributed by atoms with van der Waals surface area (Å²) in [6, 6.07) is 6.88. The Morgan fingerprint density at radius 2 is 2.25 bits per heavy atom. The summed E-state index contributed by atoms with van der Waals surface area (Å²) in [4.78, 5) is 0. The first-order chi connectivity index (χ1) is 9.65. The van der Waals surface area contributed by atoms with Gasteiger partial charge in [-0.2, -0.15) is 0 Å². The van der Waals surface area contributed by atoms with Crippen molar-refractivity contribution >= 4 is 0 Å². The fraction of sp³-hybridized carbons (Fsp3) is 0.647. The molecule has 3 atom stereocenters. The first-order valence-corrected chi connectivity index (χ1v) is 7.65. The minimum Gasteiger partial charge on any atom is -0.496 e. The van der Waals surface area contributed by atoms with Crippen molar-refractivity contribution in [3.05, 3.63) is 29.3 Å². The molecule has 0 saturated carbocycles. The Morgan fingerprint density at radius 1 is 1.45 bits per heavy atom. The van der Waals surface area contributed by atoms with Crippen molar-refractivity contribution in [2.45, 2.75) is 45.8 Å². The number of aryl methyl sites for hydroxylation is 1. The molecule has 0 aliphatic carbocycles. The standard InChI is InChI=1S/C17H27NO2/c1-5-8-18-17(15-10-13(3)20-11-15)14-6-7-16(19-4)12(2)9-14/h6-7,9,13,15,17-18H,5,8,10-11H2,1-4H3. The van der Waals surface area contributed by atoms with Gasteiger partial charge < -0.3 is 14.8 Å². The van der Waals surface area contributed by atoms with Crippen LogP contribution in [0.2, 0.25) is 0 Å². The second-order valence-corrected chi connectivity index (χ2v) is 5.80. The lowest BCUT2D eigenvalue weighted by molar-refractivity contribution is 0.117. The third-order valence-corrected chi connectivity index (χ3v) is 4.09. The molecule has 3 nitrogen and oxygen atoms in total. The predicted molar refractivity (Wildman–Crippen MR) is 82.3 cm³/mol. The highest BCUT2D eigenvalue weighted by Gasteiger charge is 2.30. The summed E-state index contributed by atoms with van der Waals surface area (Å²) < 4.78 is 11.1. The molecule has 1 heterocycles. The molecule has 3 heteroatoms. The highest BCUT2D eigenvalue weighted by Crippen LogP contribution is 2.33. The van der Waals surface area contributed by atoms with Crippen LogP contribution >= 0.6 is 0 Å². The fourth-order valence-electron chi connectivity index (χ4n) is 3.03. The topological polar surface area (TPSA) is 30.5 Å². The number of nitrogens with one attached hydrogen (secondary N) is 1. The Balaban J connectivity index is 2.19. The zero-order valence-electron chi connectivity index (χ0n) is 13.1. The Kier molecular flexibility index (Phi) is 5.44. The summed E-state index contributed by atoms with van der Waals surface area (Å²) in [6.07, 6.45) is 2.66. The van der Waals surface area contributed by atoms with Crippen molar-refractivity contribution in [2.24, 2.45) is 5.92 Å². The number of rotatable bonds is 6. The van der Waals surface area contributed by atoms with Gasteiger partial charge in [0.05, 0.1) is 19.8 Å². The van der Waals surface area contributed by atoms with E-state index < -0.39 is 0 Å². The molecular formula is C17H27NO2. The van der Waals surface area contributed by atoms with E-state index in [9.17, 15) is 0 Å². The lowest BCUT2D eigenvalue weighted by atomic mass is 9.90. The largest absolute Gasteiger partial charge is 0.496 e. The molecule has 0 radical (unpaired) electrons. The molecule has 1 aromatic carbocycles. The van der Waals surface area contributed by atoms with Gasteiger partial charge in [-0.05, 0) is 50.4 Å². The zero-order chi connectivity index (χ0) is 14.5. The molecule has 0 spiro atoms. The number of benzene rings is 1. The van der Waals surface area contributed by atoms with E-state index in [2.05, 4.69) is 44.3 Å². The van der Waals surface area contributed by atoms with Gasteiger partial charge in [0.25, 0.3) is 0 Å². The second kappa shape index (κ2) is 7.09. The van der Waals surface area contributed by atoms with Crippen molar-refractivity contribution in [1.29, 1.82) is 0 Å². The molecule has 1 aliphatic heterocycles. The third-order valence-electron chi connectivity index (χ3n) is 4.09. The van der Waals surface area contributed by atoms with Crippen LogP contribution < -0.4 is 10.1 Å². The normalized spacial score (nSPS) is 23.8. The SMILES string of the molecule is CCCNC(c1ccc(OC)c(C)c1)C1COC(C)C1. The van der Waals surface area contributed by atoms with Crippen LogP contribution in [0.25, 0.3) is 0 Å². The second-order valence-electron chi connectivity index (χ2n) is 5.80. The maximum absolute atomic E-state index is 5.76. The van der Waals surface area contributed by atoms with E-state index in [-0.39, 0.29) is 0 Å². The van der Waals surface area contributed by atoms with Crippen LogP contribution in [0.5, 0.6) is 5.75 Å². The van der Waals surface area contributed by atoms with Crippen LogP contribution in [0.4, 0.5) is 0 Å². The minimum absolute atomic E-state index is 0.379. The summed E-state index contributed by atoms with van der Waals surface area (Å²) in [5.74, 6) is 1.52. The maximum Gasteiger partial charge on any atom is 0.121 e. The summed E-state index contributed by atoms with van der Waals surface area (Å²) >= 11 is 0. The lowest BCUT2D eigenvalue weighted by Gasteiger charge is -2.25. The van der Waals surface area contributed by atoms with Crippen LogP contribution in [-0.2, 0) is 4.74 Å². The third kappa shape index (κ3) is 3.53. The van der Waals surface area contributed by atoms with Crippen LogP contribution in [0.15, 0.2) is 18.2 Å². The summed E-state index contributed by atoms with van der Waals surface area (Å²) in [7, 11) is 1.72. The molecule has 0 aromatic heterocycles. The predicted octanol–water partition coefficient (Wildman–Crippen LogP) is 3.47. The van der Waals surface area contributed by atoms with E-state index in [0.717, 1.165) is 31.7 Å². The molecule has 1 fully saturated rings. The average Bonchev–Trinajstić information content (AvgIpc) is 2.86. The highest BCUT2D eigenvalue weighted by atomic mass is 16.5. The van der Waals surface area contributed by atoms with Crippen molar-refractivity contribution in [3.63, 3.8) is 0 Å². The van der Waals surface area contributed by atoms with E-state index in [4.69, 9.17) is 9.47 Å². The number of hydrogen-bond acceptors (Lipinski definition) is 3. The quantitative estimate of drug-likeness (QED) is 0.863. The van der Waals surface area contributed by atoms with Gasteiger partial charge in [-0.25, -0.2) is 0 Å². The molecule has 1 N–H and O–H groups in total. The number of methoxy groups -OCH3 is 1. The minimum atomic E-state index is 0.379. The smallest absolute Gasteiger partial charge is 0.121 e. The molecule has 112 valence electrons. The van der Waals surface area contributed by atoms with Gasteiger partial charge in [-0.3, -0.25) is 0 Å². The van der Waals surface area contributed by atoms with E-state index >= 15 is 0 Å².